The molecule has 0 bridgehead atoms. The van der Waals surface area contributed by atoms with Crippen LogP contribution in [0.25, 0.3) is 0 Å². The molecule has 6 nitrogen and oxygen atoms in total. The van der Waals surface area contributed by atoms with Crippen LogP contribution in [-0.2, 0) is 6.54 Å². The fourth-order valence-corrected chi connectivity index (χ4v) is 2.68. The quantitative estimate of drug-likeness (QED) is 0.515. The summed E-state index contributed by atoms with van der Waals surface area (Å²) in [6.45, 7) is 2.68. The van der Waals surface area contributed by atoms with E-state index in [1.807, 2.05) is 0 Å². The molecule has 0 aromatic heterocycles. The van der Waals surface area contributed by atoms with Crippen LogP contribution < -0.4 is 5.73 Å². The topological polar surface area (TPSA) is 75.6 Å². The minimum atomic E-state index is -0.373. The first-order valence-corrected chi connectivity index (χ1v) is 6.89. The Morgan fingerprint density at radius 3 is 2.90 bits per heavy atom. The van der Waals surface area contributed by atoms with Crippen molar-refractivity contribution in [3.8, 4) is 0 Å². The number of hydrogen-bond donors (Lipinski definition) is 1. The average molecular weight is 278 g/mol. The lowest BCUT2D eigenvalue weighted by Crippen LogP contribution is -2.44. The number of likely N-dealkylation sites (N-methyl/N-ethyl adjacent to an activating group) is 1. The lowest BCUT2D eigenvalue weighted by molar-refractivity contribution is -0.384. The molecule has 20 heavy (non-hydrogen) atoms. The number of benzene rings is 1. The molecular weight excluding hydrogens is 256 g/mol. The van der Waals surface area contributed by atoms with Crippen molar-refractivity contribution in [3.05, 3.63) is 33.9 Å². The molecule has 1 aromatic carbocycles. The standard InChI is InChI=1S/C14H22N4O2/c1-16(2)13-4-3-7-17(10-13)9-11-8-12(18(19)20)5-6-14(11)15/h5-6,8,13H,3-4,7,9-10,15H2,1-2H3. The first kappa shape index (κ1) is 14.7. The summed E-state index contributed by atoms with van der Waals surface area (Å²) in [7, 11) is 4.19. The van der Waals surface area contributed by atoms with Crippen molar-refractivity contribution in [1.82, 2.24) is 9.80 Å². The molecule has 1 atom stereocenters. The van der Waals surface area contributed by atoms with Crippen LogP contribution in [0.3, 0.4) is 0 Å². The summed E-state index contributed by atoms with van der Waals surface area (Å²) in [5, 5.41) is 10.8. The summed E-state index contributed by atoms with van der Waals surface area (Å²) < 4.78 is 0. The highest BCUT2D eigenvalue weighted by molar-refractivity contribution is 5.52. The average Bonchev–Trinajstić information content (AvgIpc) is 2.41. The second-order valence-electron chi connectivity index (χ2n) is 5.64. The van der Waals surface area contributed by atoms with Crippen molar-refractivity contribution in [3.63, 3.8) is 0 Å². The maximum atomic E-state index is 10.8. The molecule has 1 aromatic rings. The van der Waals surface area contributed by atoms with Gasteiger partial charge in [0.25, 0.3) is 5.69 Å². The van der Waals surface area contributed by atoms with Gasteiger partial charge in [0, 0.05) is 37.0 Å². The zero-order valence-corrected chi connectivity index (χ0v) is 12.1. The third-order valence-electron chi connectivity index (χ3n) is 3.94. The number of anilines is 1. The highest BCUT2D eigenvalue weighted by Crippen LogP contribution is 2.23. The largest absolute Gasteiger partial charge is 0.398 e. The van der Waals surface area contributed by atoms with Crippen LogP contribution >= 0.6 is 0 Å². The van der Waals surface area contributed by atoms with Gasteiger partial charge in [-0.15, -0.1) is 0 Å². The van der Waals surface area contributed by atoms with Gasteiger partial charge in [-0.05, 0) is 45.1 Å². The van der Waals surface area contributed by atoms with Crippen molar-refractivity contribution in [1.29, 1.82) is 0 Å². The van der Waals surface area contributed by atoms with E-state index < -0.39 is 0 Å². The van der Waals surface area contributed by atoms with Crippen LogP contribution in [-0.4, -0.2) is 47.9 Å². The minimum absolute atomic E-state index is 0.107. The van der Waals surface area contributed by atoms with Crippen molar-refractivity contribution < 1.29 is 4.92 Å². The lowest BCUT2D eigenvalue weighted by Gasteiger charge is -2.36. The molecule has 0 saturated carbocycles. The number of nitro benzene ring substituents is 1. The smallest absolute Gasteiger partial charge is 0.269 e. The van der Waals surface area contributed by atoms with Gasteiger partial charge in [0.2, 0.25) is 0 Å². The molecular formula is C14H22N4O2. The molecule has 0 amide bonds. The van der Waals surface area contributed by atoms with Crippen LogP contribution in [0.15, 0.2) is 18.2 Å². The normalized spacial score (nSPS) is 20.2. The summed E-state index contributed by atoms with van der Waals surface area (Å²) in [6, 6.07) is 5.22. The fourth-order valence-electron chi connectivity index (χ4n) is 2.68. The Hall–Kier alpha value is -1.66. The van der Waals surface area contributed by atoms with Crippen LogP contribution in [0, 0.1) is 10.1 Å². The number of nitrogens with zero attached hydrogens (tertiary/aromatic N) is 3. The van der Waals surface area contributed by atoms with Gasteiger partial charge in [-0.2, -0.15) is 0 Å². The number of nitrogens with two attached hydrogens (primary N) is 1. The summed E-state index contributed by atoms with van der Waals surface area (Å²) in [5.41, 5.74) is 7.52. The third kappa shape index (κ3) is 3.46. The SMILES string of the molecule is CN(C)C1CCCN(Cc2cc([N+](=O)[O-])ccc2N)C1. The van der Waals surface area contributed by atoms with Gasteiger partial charge in [0.05, 0.1) is 4.92 Å². The van der Waals surface area contributed by atoms with Crippen LogP contribution in [0.2, 0.25) is 0 Å². The molecule has 1 aliphatic heterocycles. The zero-order valence-electron chi connectivity index (χ0n) is 12.1. The fraction of sp³-hybridized carbons (Fsp3) is 0.571. The van der Waals surface area contributed by atoms with Crippen molar-refractivity contribution in [2.24, 2.45) is 0 Å². The summed E-state index contributed by atoms with van der Waals surface area (Å²) in [5.74, 6) is 0. The lowest BCUT2D eigenvalue weighted by atomic mass is 10.0. The van der Waals surface area contributed by atoms with E-state index in [0.717, 1.165) is 25.1 Å². The summed E-state index contributed by atoms with van der Waals surface area (Å²) >= 11 is 0. The Morgan fingerprint density at radius 2 is 2.25 bits per heavy atom. The first-order chi connectivity index (χ1) is 9.47. The summed E-state index contributed by atoms with van der Waals surface area (Å²) in [4.78, 5) is 15.0. The number of non-ortho nitro benzene ring substituents is 1. The molecule has 0 radical (unpaired) electrons. The molecule has 6 heteroatoms. The Kier molecular flexibility index (Phi) is 4.57. The Bertz CT molecular complexity index is 490. The molecule has 1 aliphatic rings. The maximum Gasteiger partial charge on any atom is 0.269 e. The van der Waals surface area contributed by atoms with Crippen molar-refractivity contribution >= 4 is 11.4 Å². The molecule has 0 spiro atoms. The second kappa shape index (κ2) is 6.19. The molecule has 2 N–H and O–H groups in total. The first-order valence-electron chi connectivity index (χ1n) is 6.89. The minimum Gasteiger partial charge on any atom is -0.398 e. The molecule has 1 saturated heterocycles. The second-order valence-corrected chi connectivity index (χ2v) is 5.64. The van der Waals surface area contributed by atoms with Crippen LogP contribution in [0.4, 0.5) is 11.4 Å². The molecule has 1 heterocycles. The van der Waals surface area contributed by atoms with Gasteiger partial charge >= 0.3 is 0 Å². The van der Waals surface area contributed by atoms with Crippen molar-refractivity contribution in [2.75, 3.05) is 32.9 Å². The number of rotatable bonds is 4. The Labute approximate surface area is 119 Å². The number of hydrogen-bond acceptors (Lipinski definition) is 5. The van der Waals surface area contributed by atoms with E-state index in [4.69, 9.17) is 5.73 Å². The highest BCUT2D eigenvalue weighted by Gasteiger charge is 2.22. The van der Waals surface area contributed by atoms with Gasteiger partial charge < -0.3 is 10.6 Å². The van der Waals surface area contributed by atoms with Gasteiger partial charge in [-0.25, -0.2) is 0 Å². The van der Waals surface area contributed by atoms with E-state index >= 15 is 0 Å². The molecule has 0 aliphatic carbocycles. The predicted molar refractivity (Wildman–Crippen MR) is 79.5 cm³/mol. The Balaban J connectivity index is 2.09. The summed E-state index contributed by atoms with van der Waals surface area (Å²) in [6.07, 6.45) is 2.35. The number of piperidine rings is 1. The van der Waals surface area contributed by atoms with E-state index in [2.05, 4.69) is 23.9 Å². The van der Waals surface area contributed by atoms with Gasteiger partial charge in [-0.3, -0.25) is 15.0 Å². The third-order valence-corrected chi connectivity index (χ3v) is 3.94. The molecule has 1 unspecified atom stereocenters. The molecule has 1 fully saturated rings. The van der Waals surface area contributed by atoms with E-state index in [9.17, 15) is 10.1 Å². The van der Waals surface area contributed by atoms with Crippen LogP contribution in [0.5, 0.6) is 0 Å². The van der Waals surface area contributed by atoms with Crippen molar-refractivity contribution in [2.45, 2.75) is 25.4 Å². The number of nitrogen functional groups attached to an aromatic ring is 1. The molecule has 110 valence electrons. The van der Waals surface area contributed by atoms with Gasteiger partial charge in [0.1, 0.15) is 0 Å². The van der Waals surface area contributed by atoms with E-state index in [0.29, 0.717) is 18.3 Å². The zero-order chi connectivity index (χ0) is 14.7. The van der Waals surface area contributed by atoms with E-state index in [1.165, 1.54) is 12.5 Å². The molecule has 2 rings (SSSR count). The predicted octanol–water partition coefficient (Wildman–Crippen LogP) is 1.70. The van der Waals surface area contributed by atoms with Gasteiger partial charge in [0.15, 0.2) is 0 Å². The maximum absolute atomic E-state index is 10.8. The van der Waals surface area contributed by atoms with E-state index in [-0.39, 0.29) is 10.6 Å². The monoisotopic (exact) mass is 278 g/mol. The van der Waals surface area contributed by atoms with Gasteiger partial charge in [-0.1, -0.05) is 0 Å². The Morgan fingerprint density at radius 1 is 1.50 bits per heavy atom. The highest BCUT2D eigenvalue weighted by atomic mass is 16.6. The number of nitro groups is 1. The number of likely N-dealkylation sites (tertiary alicyclic amines) is 1. The van der Waals surface area contributed by atoms with E-state index in [1.54, 1.807) is 12.1 Å². The van der Waals surface area contributed by atoms with Crippen LogP contribution in [0.1, 0.15) is 18.4 Å².